The highest BCUT2D eigenvalue weighted by atomic mass is 16.4. The average Bonchev–Trinajstić information content (AvgIpc) is 2.96. The highest BCUT2D eigenvalue weighted by Crippen LogP contribution is 2.34. The summed E-state index contributed by atoms with van der Waals surface area (Å²) in [5.74, 6) is 1.59. The first-order chi connectivity index (χ1) is 12.1. The lowest BCUT2D eigenvalue weighted by atomic mass is 9.81. The summed E-state index contributed by atoms with van der Waals surface area (Å²) in [7, 11) is 0. The van der Waals surface area contributed by atoms with E-state index in [1.165, 1.54) is 51.9 Å². The van der Waals surface area contributed by atoms with Crippen LogP contribution >= 0.6 is 0 Å². The SMILES string of the molecule is CC(=O)NCc1ccc(C(=O)N2CCCCC[C@@H]2C2CCCCC2)o1. The van der Waals surface area contributed by atoms with E-state index in [-0.39, 0.29) is 11.8 Å². The lowest BCUT2D eigenvalue weighted by Crippen LogP contribution is -2.44. The minimum Gasteiger partial charge on any atom is -0.454 e. The van der Waals surface area contributed by atoms with Crippen LogP contribution < -0.4 is 5.32 Å². The van der Waals surface area contributed by atoms with Gasteiger partial charge < -0.3 is 14.6 Å². The number of nitrogens with one attached hydrogen (secondary N) is 1. The van der Waals surface area contributed by atoms with E-state index in [0.717, 1.165) is 19.4 Å². The molecule has 1 aromatic rings. The number of hydrogen-bond donors (Lipinski definition) is 1. The van der Waals surface area contributed by atoms with Crippen molar-refractivity contribution in [2.75, 3.05) is 6.54 Å². The Hall–Kier alpha value is -1.78. The van der Waals surface area contributed by atoms with Crippen LogP contribution in [0.15, 0.2) is 16.5 Å². The van der Waals surface area contributed by atoms with Gasteiger partial charge in [0.1, 0.15) is 5.76 Å². The van der Waals surface area contributed by atoms with Crippen molar-refractivity contribution < 1.29 is 14.0 Å². The summed E-state index contributed by atoms with van der Waals surface area (Å²) >= 11 is 0. The van der Waals surface area contributed by atoms with Crippen molar-refractivity contribution in [1.82, 2.24) is 10.2 Å². The molecule has 3 rings (SSSR count). The standard InChI is InChI=1S/C20H30N2O3/c1-15(23)21-14-17-11-12-19(25-17)20(24)22-13-7-3-6-10-18(22)16-8-4-2-5-9-16/h11-12,16,18H,2-10,13-14H2,1H3,(H,21,23)/t18-/m1/s1. The maximum atomic E-state index is 13.1. The fourth-order valence-electron chi connectivity index (χ4n) is 4.34. The second-order valence-corrected chi connectivity index (χ2v) is 7.49. The third-order valence-electron chi connectivity index (χ3n) is 5.64. The van der Waals surface area contributed by atoms with Crippen LogP contribution in [0.5, 0.6) is 0 Å². The van der Waals surface area contributed by atoms with Gasteiger partial charge in [-0.25, -0.2) is 0 Å². The van der Waals surface area contributed by atoms with E-state index in [1.54, 1.807) is 12.1 Å². The van der Waals surface area contributed by atoms with Crippen LogP contribution in [0.2, 0.25) is 0 Å². The Bertz CT molecular complexity index is 590. The molecule has 5 heteroatoms. The van der Waals surface area contributed by atoms with E-state index in [2.05, 4.69) is 10.2 Å². The number of carbonyl (C=O) groups excluding carboxylic acids is 2. The second-order valence-electron chi connectivity index (χ2n) is 7.49. The second kappa shape index (κ2) is 8.54. The van der Waals surface area contributed by atoms with Crippen LogP contribution in [0.3, 0.4) is 0 Å². The van der Waals surface area contributed by atoms with E-state index in [0.29, 0.717) is 30.0 Å². The molecule has 1 atom stereocenters. The molecule has 1 aliphatic heterocycles. The largest absolute Gasteiger partial charge is 0.454 e. The summed E-state index contributed by atoms with van der Waals surface area (Å²) in [4.78, 5) is 26.2. The zero-order valence-electron chi connectivity index (χ0n) is 15.3. The molecule has 0 bridgehead atoms. The monoisotopic (exact) mass is 346 g/mol. The molecule has 1 N–H and O–H groups in total. The van der Waals surface area contributed by atoms with Crippen LogP contribution in [-0.4, -0.2) is 29.3 Å². The smallest absolute Gasteiger partial charge is 0.289 e. The lowest BCUT2D eigenvalue weighted by Gasteiger charge is -2.37. The summed E-state index contributed by atoms with van der Waals surface area (Å²) in [6.07, 6.45) is 11.1. The summed E-state index contributed by atoms with van der Waals surface area (Å²) in [5, 5.41) is 2.71. The Kier molecular flexibility index (Phi) is 6.16. The quantitative estimate of drug-likeness (QED) is 0.900. The molecule has 1 saturated heterocycles. The van der Waals surface area contributed by atoms with Gasteiger partial charge in [0.2, 0.25) is 5.91 Å². The average molecular weight is 346 g/mol. The summed E-state index contributed by atoms with van der Waals surface area (Å²) in [6.45, 7) is 2.64. The molecule has 0 aromatic carbocycles. The summed E-state index contributed by atoms with van der Waals surface area (Å²) in [6, 6.07) is 3.90. The van der Waals surface area contributed by atoms with Gasteiger partial charge >= 0.3 is 0 Å². The van der Waals surface area contributed by atoms with Gasteiger partial charge in [-0.2, -0.15) is 0 Å². The number of amides is 2. The van der Waals surface area contributed by atoms with Crippen molar-refractivity contribution in [2.45, 2.75) is 77.3 Å². The molecular formula is C20H30N2O3. The lowest BCUT2D eigenvalue weighted by molar-refractivity contribution is -0.119. The van der Waals surface area contributed by atoms with Crippen LogP contribution in [0.4, 0.5) is 0 Å². The molecule has 138 valence electrons. The molecule has 2 amide bonds. The third-order valence-corrected chi connectivity index (χ3v) is 5.64. The summed E-state index contributed by atoms with van der Waals surface area (Å²) in [5.41, 5.74) is 0. The first-order valence-corrected chi connectivity index (χ1v) is 9.79. The Morgan fingerprint density at radius 1 is 1.08 bits per heavy atom. The highest BCUT2D eigenvalue weighted by molar-refractivity contribution is 5.91. The van der Waals surface area contributed by atoms with E-state index in [1.807, 2.05) is 0 Å². The maximum Gasteiger partial charge on any atom is 0.289 e. The van der Waals surface area contributed by atoms with E-state index >= 15 is 0 Å². The van der Waals surface area contributed by atoms with Gasteiger partial charge in [0, 0.05) is 19.5 Å². The zero-order valence-corrected chi connectivity index (χ0v) is 15.3. The molecule has 25 heavy (non-hydrogen) atoms. The number of hydrogen-bond acceptors (Lipinski definition) is 3. The number of likely N-dealkylation sites (tertiary alicyclic amines) is 1. The molecule has 2 fully saturated rings. The van der Waals surface area contributed by atoms with Crippen molar-refractivity contribution in [2.24, 2.45) is 5.92 Å². The van der Waals surface area contributed by atoms with Crippen LogP contribution in [-0.2, 0) is 11.3 Å². The third kappa shape index (κ3) is 4.65. The molecule has 5 nitrogen and oxygen atoms in total. The van der Waals surface area contributed by atoms with E-state index < -0.39 is 0 Å². The Morgan fingerprint density at radius 2 is 1.80 bits per heavy atom. The molecule has 1 saturated carbocycles. The van der Waals surface area contributed by atoms with Crippen molar-refractivity contribution >= 4 is 11.8 Å². The molecule has 0 unspecified atom stereocenters. The van der Waals surface area contributed by atoms with Gasteiger partial charge in [0.15, 0.2) is 5.76 Å². The Labute approximate surface area is 150 Å². The number of furan rings is 1. The Balaban J connectivity index is 1.71. The fourth-order valence-corrected chi connectivity index (χ4v) is 4.34. The highest BCUT2D eigenvalue weighted by Gasteiger charge is 2.34. The van der Waals surface area contributed by atoms with Gasteiger partial charge in [0.25, 0.3) is 5.91 Å². The van der Waals surface area contributed by atoms with Gasteiger partial charge in [-0.1, -0.05) is 32.1 Å². The van der Waals surface area contributed by atoms with Crippen LogP contribution in [0, 0.1) is 5.92 Å². The Morgan fingerprint density at radius 3 is 2.56 bits per heavy atom. The van der Waals surface area contributed by atoms with Gasteiger partial charge in [0.05, 0.1) is 6.54 Å². The molecular weight excluding hydrogens is 316 g/mol. The number of nitrogens with zero attached hydrogens (tertiary/aromatic N) is 1. The first kappa shape index (κ1) is 18.0. The maximum absolute atomic E-state index is 13.1. The number of rotatable bonds is 4. The predicted molar refractivity (Wildman–Crippen MR) is 96.1 cm³/mol. The van der Waals surface area contributed by atoms with Crippen molar-refractivity contribution in [3.05, 3.63) is 23.7 Å². The van der Waals surface area contributed by atoms with Crippen LogP contribution in [0.1, 0.15) is 81.0 Å². The van der Waals surface area contributed by atoms with E-state index in [9.17, 15) is 9.59 Å². The normalized spacial score (nSPS) is 22.4. The summed E-state index contributed by atoms with van der Waals surface area (Å²) < 4.78 is 5.72. The zero-order chi connectivity index (χ0) is 17.6. The predicted octanol–water partition coefficient (Wildman–Crippen LogP) is 3.88. The van der Waals surface area contributed by atoms with Crippen molar-refractivity contribution in [3.8, 4) is 0 Å². The van der Waals surface area contributed by atoms with Crippen molar-refractivity contribution in [3.63, 3.8) is 0 Å². The van der Waals surface area contributed by atoms with E-state index in [4.69, 9.17) is 4.42 Å². The topological polar surface area (TPSA) is 62.6 Å². The first-order valence-electron chi connectivity index (χ1n) is 9.79. The van der Waals surface area contributed by atoms with Gasteiger partial charge in [-0.15, -0.1) is 0 Å². The molecule has 0 radical (unpaired) electrons. The fraction of sp³-hybridized carbons (Fsp3) is 0.700. The van der Waals surface area contributed by atoms with Crippen molar-refractivity contribution in [1.29, 1.82) is 0 Å². The number of carbonyl (C=O) groups is 2. The molecule has 2 heterocycles. The minimum atomic E-state index is -0.103. The minimum absolute atomic E-state index is 0.0200. The van der Waals surface area contributed by atoms with Gasteiger partial charge in [-0.3, -0.25) is 9.59 Å². The molecule has 0 spiro atoms. The molecule has 2 aliphatic rings. The van der Waals surface area contributed by atoms with Gasteiger partial charge in [-0.05, 0) is 43.7 Å². The van der Waals surface area contributed by atoms with Crippen LogP contribution in [0.25, 0.3) is 0 Å². The molecule has 1 aromatic heterocycles. The molecule has 1 aliphatic carbocycles.